The minimum absolute atomic E-state index is 0.869. The fourth-order valence-electron chi connectivity index (χ4n) is 0.828. The van der Waals surface area contributed by atoms with Gasteiger partial charge in [0.05, 0.1) is 0 Å². The standard InChI is InChI=1S/C8H16OSi/c1-3-5-6-7-8-10(9)4-2/h4H,2-3,5-8H2,1H3. The molecule has 0 saturated carbocycles. The Hall–Kier alpha value is -0.243. The molecule has 0 bridgehead atoms. The summed E-state index contributed by atoms with van der Waals surface area (Å²) in [6.45, 7) is 5.67. The molecule has 0 atom stereocenters. The minimum Gasteiger partial charge on any atom is -0.383 e. The van der Waals surface area contributed by atoms with Crippen LogP contribution in [-0.2, 0) is 4.46 Å². The molecule has 0 N–H and O–H groups in total. The minimum atomic E-state index is -1.40. The highest BCUT2D eigenvalue weighted by Gasteiger charge is 1.96. The van der Waals surface area contributed by atoms with E-state index in [0.29, 0.717) is 0 Å². The molecule has 58 valence electrons. The molecule has 0 heterocycles. The maximum Gasteiger partial charge on any atom is 0.303 e. The van der Waals surface area contributed by atoms with E-state index in [1.807, 2.05) is 0 Å². The first kappa shape index (κ1) is 9.76. The van der Waals surface area contributed by atoms with Crippen LogP contribution >= 0.6 is 0 Å². The molecular formula is C8H16OSi. The van der Waals surface area contributed by atoms with E-state index >= 15 is 0 Å². The van der Waals surface area contributed by atoms with Gasteiger partial charge in [0.2, 0.25) is 0 Å². The Morgan fingerprint density at radius 2 is 2.10 bits per heavy atom. The second-order valence-electron chi connectivity index (χ2n) is 2.48. The van der Waals surface area contributed by atoms with Crippen LogP contribution in [0.4, 0.5) is 0 Å². The number of rotatable bonds is 6. The SMILES string of the molecule is C=C[Si](=O)CCCCCC. The first-order chi connectivity index (χ1) is 4.81. The van der Waals surface area contributed by atoms with Gasteiger partial charge in [-0.1, -0.05) is 26.2 Å². The van der Waals surface area contributed by atoms with Crippen LogP contribution in [0.5, 0.6) is 0 Å². The zero-order valence-electron chi connectivity index (χ0n) is 6.73. The van der Waals surface area contributed by atoms with Crippen molar-refractivity contribution in [2.45, 2.75) is 38.7 Å². The van der Waals surface area contributed by atoms with E-state index in [9.17, 15) is 4.46 Å². The van der Waals surface area contributed by atoms with Gasteiger partial charge in [-0.3, -0.25) is 0 Å². The van der Waals surface area contributed by atoms with Crippen molar-refractivity contribution in [3.05, 3.63) is 12.3 Å². The first-order valence-corrected chi connectivity index (χ1v) is 5.65. The summed E-state index contributed by atoms with van der Waals surface area (Å²) >= 11 is 0. The van der Waals surface area contributed by atoms with Crippen LogP contribution in [0.3, 0.4) is 0 Å². The molecule has 0 spiro atoms. The third-order valence-electron chi connectivity index (χ3n) is 1.50. The molecule has 0 aromatic carbocycles. The molecule has 10 heavy (non-hydrogen) atoms. The van der Waals surface area contributed by atoms with Gasteiger partial charge >= 0.3 is 8.68 Å². The second-order valence-corrected chi connectivity index (χ2v) is 4.32. The van der Waals surface area contributed by atoms with Gasteiger partial charge in [-0.05, 0) is 18.2 Å². The first-order valence-electron chi connectivity index (χ1n) is 3.96. The predicted molar refractivity (Wildman–Crippen MR) is 45.6 cm³/mol. The van der Waals surface area contributed by atoms with Gasteiger partial charge in [-0.2, -0.15) is 0 Å². The van der Waals surface area contributed by atoms with Crippen molar-refractivity contribution in [3.8, 4) is 0 Å². The van der Waals surface area contributed by atoms with E-state index in [1.54, 1.807) is 5.70 Å². The maximum atomic E-state index is 10.8. The average Bonchev–Trinajstić information content (AvgIpc) is 1.98. The molecule has 0 radical (unpaired) electrons. The van der Waals surface area contributed by atoms with Crippen molar-refractivity contribution in [1.82, 2.24) is 0 Å². The predicted octanol–water partition coefficient (Wildman–Crippen LogP) is 2.71. The Balaban J connectivity index is 3.03. The van der Waals surface area contributed by atoms with Crippen LogP contribution in [0, 0.1) is 0 Å². The van der Waals surface area contributed by atoms with E-state index in [2.05, 4.69) is 13.5 Å². The van der Waals surface area contributed by atoms with Crippen LogP contribution in [0.2, 0.25) is 6.04 Å². The molecule has 0 aliphatic rings. The van der Waals surface area contributed by atoms with Gasteiger partial charge < -0.3 is 4.46 Å². The van der Waals surface area contributed by atoms with Crippen LogP contribution < -0.4 is 0 Å². The molecule has 0 amide bonds. The Kier molecular flexibility index (Phi) is 6.70. The fourth-order valence-corrected chi connectivity index (χ4v) is 1.63. The van der Waals surface area contributed by atoms with Gasteiger partial charge in [0.15, 0.2) is 0 Å². The molecular weight excluding hydrogens is 140 g/mol. The largest absolute Gasteiger partial charge is 0.383 e. The Bertz CT molecular complexity index is 110. The van der Waals surface area contributed by atoms with Gasteiger partial charge in [-0.15, -0.1) is 6.58 Å². The molecule has 0 aromatic rings. The van der Waals surface area contributed by atoms with Gasteiger partial charge in [-0.25, -0.2) is 0 Å². The molecule has 2 heteroatoms. The van der Waals surface area contributed by atoms with Crippen LogP contribution in [0.25, 0.3) is 0 Å². The lowest BCUT2D eigenvalue weighted by Gasteiger charge is -1.93. The summed E-state index contributed by atoms with van der Waals surface area (Å²) in [4.78, 5) is 0. The third kappa shape index (κ3) is 5.89. The lowest BCUT2D eigenvalue weighted by molar-refractivity contribution is 0.562. The highest BCUT2D eigenvalue weighted by atomic mass is 28.3. The van der Waals surface area contributed by atoms with E-state index in [4.69, 9.17) is 0 Å². The normalized spacial score (nSPS) is 9.30. The molecule has 0 fully saturated rings. The van der Waals surface area contributed by atoms with Gasteiger partial charge in [0.25, 0.3) is 0 Å². The molecule has 0 rings (SSSR count). The summed E-state index contributed by atoms with van der Waals surface area (Å²) in [6.07, 6.45) is 4.85. The van der Waals surface area contributed by atoms with Gasteiger partial charge in [0.1, 0.15) is 0 Å². The van der Waals surface area contributed by atoms with Crippen molar-refractivity contribution in [3.63, 3.8) is 0 Å². The fraction of sp³-hybridized carbons (Fsp3) is 0.750. The summed E-state index contributed by atoms with van der Waals surface area (Å²) in [6, 6.07) is 0.869. The van der Waals surface area contributed by atoms with E-state index in [-0.39, 0.29) is 0 Å². The maximum absolute atomic E-state index is 10.8. The quantitative estimate of drug-likeness (QED) is 0.427. The van der Waals surface area contributed by atoms with Crippen molar-refractivity contribution in [2.24, 2.45) is 0 Å². The summed E-state index contributed by atoms with van der Waals surface area (Å²) in [5.41, 5.74) is 1.59. The Morgan fingerprint density at radius 3 is 2.60 bits per heavy atom. The van der Waals surface area contributed by atoms with Crippen molar-refractivity contribution < 1.29 is 4.46 Å². The second kappa shape index (κ2) is 6.87. The highest BCUT2D eigenvalue weighted by molar-refractivity contribution is 6.48. The van der Waals surface area contributed by atoms with Crippen molar-refractivity contribution >= 4 is 8.68 Å². The highest BCUT2D eigenvalue weighted by Crippen LogP contribution is 2.02. The molecule has 1 nitrogen and oxygen atoms in total. The average molecular weight is 156 g/mol. The van der Waals surface area contributed by atoms with Crippen LogP contribution in [-0.4, -0.2) is 8.68 Å². The molecule has 0 aliphatic heterocycles. The smallest absolute Gasteiger partial charge is 0.303 e. The van der Waals surface area contributed by atoms with E-state index < -0.39 is 8.68 Å². The van der Waals surface area contributed by atoms with Crippen LogP contribution in [0.15, 0.2) is 12.3 Å². The lowest BCUT2D eigenvalue weighted by atomic mass is 10.2. The number of hydrogen-bond acceptors (Lipinski definition) is 1. The summed E-state index contributed by atoms with van der Waals surface area (Å²) < 4.78 is 10.8. The van der Waals surface area contributed by atoms with Crippen LogP contribution in [0.1, 0.15) is 32.6 Å². The Morgan fingerprint density at radius 1 is 1.40 bits per heavy atom. The zero-order chi connectivity index (χ0) is 7.82. The van der Waals surface area contributed by atoms with E-state index in [0.717, 1.165) is 12.5 Å². The summed E-state index contributed by atoms with van der Waals surface area (Å²) in [7, 11) is -1.40. The number of unbranched alkanes of at least 4 members (excludes halogenated alkanes) is 3. The van der Waals surface area contributed by atoms with E-state index in [1.165, 1.54) is 19.3 Å². The Labute approximate surface area is 64.8 Å². The monoisotopic (exact) mass is 156 g/mol. The third-order valence-corrected chi connectivity index (χ3v) is 2.81. The summed E-state index contributed by atoms with van der Waals surface area (Å²) in [5, 5.41) is 0. The molecule has 0 aliphatic carbocycles. The molecule has 0 unspecified atom stereocenters. The zero-order valence-corrected chi connectivity index (χ0v) is 7.73. The number of hydrogen-bond donors (Lipinski definition) is 0. The lowest BCUT2D eigenvalue weighted by Crippen LogP contribution is -1.92. The topological polar surface area (TPSA) is 17.1 Å². The molecule has 0 saturated heterocycles. The molecule has 0 aromatic heterocycles. The summed E-state index contributed by atoms with van der Waals surface area (Å²) in [5.74, 6) is 0. The van der Waals surface area contributed by atoms with Gasteiger partial charge in [0, 0.05) is 0 Å². The van der Waals surface area contributed by atoms with Crippen molar-refractivity contribution in [1.29, 1.82) is 0 Å². The van der Waals surface area contributed by atoms with Crippen molar-refractivity contribution in [2.75, 3.05) is 0 Å².